The van der Waals surface area contributed by atoms with Crippen LogP contribution < -0.4 is 10.2 Å². The molecule has 3 rings (SSSR count). The summed E-state index contributed by atoms with van der Waals surface area (Å²) in [6.07, 6.45) is 6.33. The predicted molar refractivity (Wildman–Crippen MR) is 106 cm³/mol. The number of benzene rings is 1. The number of carbonyl (C=O) groups excluding carboxylic acids is 1. The summed E-state index contributed by atoms with van der Waals surface area (Å²) in [6, 6.07) is 8.04. The number of carbonyl (C=O) groups is 1. The molecule has 2 heterocycles. The Morgan fingerprint density at radius 3 is 2.67 bits per heavy atom. The molecule has 0 bridgehead atoms. The van der Waals surface area contributed by atoms with E-state index < -0.39 is 9.84 Å². The zero-order valence-electron chi connectivity index (χ0n) is 15.1. The first-order valence-electron chi connectivity index (χ1n) is 8.83. The lowest BCUT2D eigenvalue weighted by molar-refractivity contribution is 0.0950. The molecule has 2 aromatic rings. The molecule has 0 unspecified atom stereocenters. The van der Waals surface area contributed by atoms with Crippen molar-refractivity contribution in [1.29, 1.82) is 0 Å². The van der Waals surface area contributed by atoms with E-state index >= 15 is 0 Å². The molecule has 1 N–H and O–H groups in total. The fourth-order valence-electron chi connectivity index (χ4n) is 3.17. The number of sulfone groups is 1. The molecular weight excluding hydrogens is 386 g/mol. The summed E-state index contributed by atoms with van der Waals surface area (Å²) in [4.78, 5) is 19.2. The van der Waals surface area contributed by atoms with Crippen LogP contribution in [0.4, 0.5) is 5.82 Å². The van der Waals surface area contributed by atoms with Gasteiger partial charge in [0.05, 0.1) is 9.92 Å². The average molecular weight is 408 g/mol. The maximum Gasteiger partial charge on any atom is 0.251 e. The number of nitrogens with zero attached hydrogens (tertiary/aromatic N) is 2. The number of halogens is 1. The van der Waals surface area contributed by atoms with Crippen LogP contribution in [-0.4, -0.2) is 38.7 Å². The second-order valence-corrected chi connectivity index (χ2v) is 9.03. The zero-order chi connectivity index (χ0) is 19.4. The number of amides is 1. The van der Waals surface area contributed by atoms with E-state index in [0.717, 1.165) is 43.6 Å². The molecule has 0 radical (unpaired) electrons. The van der Waals surface area contributed by atoms with Gasteiger partial charge in [0.1, 0.15) is 5.82 Å². The lowest BCUT2D eigenvalue weighted by Gasteiger charge is -2.29. The molecule has 6 nitrogen and oxygen atoms in total. The van der Waals surface area contributed by atoms with E-state index in [1.807, 2.05) is 12.1 Å². The van der Waals surface area contributed by atoms with Crippen LogP contribution in [0.15, 0.2) is 41.4 Å². The monoisotopic (exact) mass is 407 g/mol. The first kappa shape index (κ1) is 19.6. The summed E-state index contributed by atoms with van der Waals surface area (Å²) in [7, 11) is -3.51. The number of piperidine rings is 1. The topological polar surface area (TPSA) is 79.4 Å². The first-order valence-corrected chi connectivity index (χ1v) is 11.1. The largest absolute Gasteiger partial charge is 0.356 e. The molecule has 1 aromatic heterocycles. The molecule has 1 fully saturated rings. The van der Waals surface area contributed by atoms with Crippen molar-refractivity contribution >= 4 is 33.2 Å². The van der Waals surface area contributed by atoms with Crippen LogP contribution in [0.2, 0.25) is 5.02 Å². The SMILES string of the molecule is CS(=O)(=O)c1cc(C(=O)NCc2cccnc2N2CCCCC2)ccc1Cl. The molecule has 144 valence electrons. The zero-order valence-corrected chi connectivity index (χ0v) is 16.7. The van der Waals surface area contributed by atoms with Gasteiger partial charge in [-0.15, -0.1) is 0 Å². The van der Waals surface area contributed by atoms with Gasteiger partial charge in [-0.3, -0.25) is 4.79 Å². The van der Waals surface area contributed by atoms with Crippen molar-refractivity contribution in [1.82, 2.24) is 10.3 Å². The Morgan fingerprint density at radius 2 is 1.96 bits per heavy atom. The third-order valence-corrected chi connectivity index (χ3v) is 6.13. The van der Waals surface area contributed by atoms with Crippen molar-refractivity contribution in [2.75, 3.05) is 24.2 Å². The molecule has 1 aliphatic rings. The number of hydrogen-bond acceptors (Lipinski definition) is 5. The number of anilines is 1. The van der Waals surface area contributed by atoms with Crippen LogP contribution in [0.1, 0.15) is 35.2 Å². The van der Waals surface area contributed by atoms with Gasteiger partial charge in [0, 0.05) is 43.2 Å². The minimum atomic E-state index is -3.51. The Kier molecular flexibility index (Phi) is 6.01. The molecular formula is C19H22ClN3O3S. The lowest BCUT2D eigenvalue weighted by atomic mass is 10.1. The highest BCUT2D eigenvalue weighted by molar-refractivity contribution is 7.90. The number of aromatic nitrogens is 1. The maximum absolute atomic E-state index is 12.5. The van der Waals surface area contributed by atoms with Gasteiger partial charge in [0.25, 0.3) is 5.91 Å². The van der Waals surface area contributed by atoms with Gasteiger partial charge in [-0.05, 0) is 43.5 Å². The standard InChI is InChI=1S/C19H22ClN3O3S/c1-27(25,26)17-12-14(7-8-16(17)20)19(24)22-13-15-6-5-9-21-18(15)23-10-3-2-4-11-23/h5-9,12H,2-4,10-11,13H2,1H3,(H,22,24). The highest BCUT2D eigenvalue weighted by atomic mass is 35.5. The van der Waals surface area contributed by atoms with Crippen molar-refractivity contribution in [3.05, 3.63) is 52.7 Å². The van der Waals surface area contributed by atoms with Crippen LogP contribution >= 0.6 is 11.6 Å². The number of nitrogens with one attached hydrogen (secondary N) is 1. The van der Waals surface area contributed by atoms with E-state index in [0.29, 0.717) is 6.54 Å². The Morgan fingerprint density at radius 1 is 1.22 bits per heavy atom. The van der Waals surface area contributed by atoms with Gasteiger partial charge >= 0.3 is 0 Å². The minimum absolute atomic E-state index is 0.0489. The van der Waals surface area contributed by atoms with Gasteiger partial charge in [-0.25, -0.2) is 13.4 Å². The van der Waals surface area contributed by atoms with Crippen molar-refractivity contribution in [3.63, 3.8) is 0 Å². The van der Waals surface area contributed by atoms with E-state index in [1.54, 1.807) is 6.20 Å². The summed E-state index contributed by atoms with van der Waals surface area (Å²) >= 11 is 5.94. The third-order valence-electron chi connectivity index (χ3n) is 4.56. The molecule has 0 spiro atoms. The van der Waals surface area contributed by atoms with E-state index in [4.69, 9.17) is 11.6 Å². The van der Waals surface area contributed by atoms with Gasteiger partial charge in [-0.2, -0.15) is 0 Å². The Bertz CT molecular complexity index is 941. The molecule has 27 heavy (non-hydrogen) atoms. The molecule has 1 aromatic carbocycles. The molecule has 1 aliphatic heterocycles. The first-order chi connectivity index (χ1) is 12.9. The lowest BCUT2D eigenvalue weighted by Crippen LogP contribution is -2.32. The quantitative estimate of drug-likeness (QED) is 0.823. The molecule has 1 saturated heterocycles. The van der Waals surface area contributed by atoms with Crippen molar-refractivity contribution < 1.29 is 13.2 Å². The van der Waals surface area contributed by atoms with Crippen molar-refractivity contribution in [3.8, 4) is 0 Å². The number of rotatable bonds is 5. The van der Waals surface area contributed by atoms with Gasteiger partial charge in [-0.1, -0.05) is 17.7 Å². The fraction of sp³-hybridized carbons (Fsp3) is 0.368. The van der Waals surface area contributed by atoms with E-state index in [1.165, 1.54) is 24.6 Å². The second kappa shape index (κ2) is 8.27. The average Bonchev–Trinajstić information content (AvgIpc) is 2.66. The molecule has 8 heteroatoms. The summed E-state index contributed by atoms with van der Waals surface area (Å²) in [5, 5.41) is 2.95. The minimum Gasteiger partial charge on any atom is -0.356 e. The Labute approximate surface area is 164 Å². The van der Waals surface area contributed by atoms with Crippen molar-refractivity contribution in [2.45, 2.75) is 30.7 Å². The van der Waals surface area contributed by atoms with E-state index in [9.17, 15) is 13.2 Å². The normalized spacial score (nSPS) is 14.8. The molecule has 0 atom stereocenters. The van der Waals surface area contributed by atoms with Gasteiger partial charge in [0.2, 0.25) is 0 Å². The van der Waals surface area contributed by atoms with Crippen LogP contribution in [0, 0.1) is 0 Å². The summed E-state index contributed by atoms with van der Waals surface area (Å²) in [5.41, 5.74) is 1.19. The highest BCUT2D eigenvalue weighted by Crippen LogP contribution is 2.24. The van der Waals surface area contributed by atoms with Crippen LogP contribution in [0.3, 0.4) is 0 Å². The summed E-state index contributed by atoms with van der Waals surface area (Å²) in [5.74, 6) is 0.537. The van der Waals surface area contributed by atoms with Crippen molar-refractivity contribution in [2.24, 2.45) is 0 Å². The molecule has 0 saturated carbocycles. The molecule has 1 amide bonds. The van der Waals surface area contributed by atoms with Crippen LogP contribution in [0.25, 0.3) is 0 Å². The second-order valence-electron chi connectivity index (χ2n) is 6.63. The third kappa shape index (κ3) is 4.78. The fourth-order valence-corrected chi connectivity index (χ4v) is 4.47. The van der Waals surface area contributed by atoms with E-state index in [2.05, 4.69) is 15.2 Å². The number of pyridine rings is 1. The van der Waals surface area contributed by atoms with Gasteiger partial charge < -0.3 is 10.2 Å². The Hall–Kier alpha value is -2.12. The predicted octanol–water partition coefficient (Wildman–Crippen LogP) is 3.06. The highest BCUT2D eigenvalue weighted by Gasteiger charge is 2.18. The summed E-state index contributed by atoms with van der Waals surface area (Å²) in [6.45, 7) is 2.25. The van der Waals surface area contributed by atoms with E-state index in [-0.39, 0.29) is 21.4 Å². The number of hydrogen-bond donors (Lipinski definition) is 1. The van der Waals surface area contributed by atoms with Gasteiger partial charge in [0.15, 0.2) is 9.84 Å². The van der Waals surface area contributed by atoms with Crippen LogP contribution in [0.5, 0.6) is 0 Å². The Balaban J connectivity index is 1.75. The smallest absolute Gasteiger partial charge is 0.251 e. The summed E-state index contributed by atoms with van der Waals surface area (Å²) < 4.78 is 23.6. The maximum atomic E-state index is 12.5. The van der Waals surface area contributed by atoms with Crippen LogP contribution in [-0.2, 0) is 16.4 Å². The molecule has 0 aliphatic carbocycles.